The summed E-state index contributed by atoms with van der Waals surface area (Å²) in [5.41, 5.74) is 0. The van der Waals surface area contributed by atoms with Gasteiger partial charge in [-0.25, -0.2) is 4.79 Å². The summed E-state index contributed by atoms with van der Waals surface area (Å²) in [7, 11) is 0. The minimum Gasteiger partial charge on any atom is -0.217 e. The van der Waals surface area contributed by atoms with Gasteiger partial charge >= 0.3 is 5.91 Å². The summed E-state index contributed by atoms with van der Waals surface area (Å²) in [6.45, 7) is 1.34. The largest absolute Gasteiger partial charge is 0.434 e. The van der Waals surface area contributed by atoms with E-state index in [4.69, 9.17) is 0 Å². The van der Waals surface area contributed by atoms with Gasteiger partial charge in [0.25, 0.3) is 0 Å². The van der Waals surface area contributed by atoms with Crippen molar-refractivity contribution in [3.63, 3.8) is 0 Å². The first-order chi connectivity index (χ1) is 2.27. The van der Waals surface area contributed by atoms with E-state index in [-0.39, 0.29) is 5.91 Å². The van der Waals surface area contributed by atoms with E-state index >= 15 is 0 Å². The Morgan fingerprint density at radius 1 is 2.00 bits per heavy atom. The molecule has 0 aromatic heterocycles. The third kappa shape index (κ3) is 3.98. The number of hydrogen-bond donors (Lipinski definition) is 1. The van der Waals surface area contributed by atoms with Crippen LogP contribution in [0.15, 0.2) is 0 Å². The maximum atomic E-state index is 9.57. The first-order valence-corrected chi connectivity index (χ1v) is 1.53. The van der Waals surface area contributed by atoms with Gasteiger partial charge in [0.2, 0.25) is 4.72 Å². The second-order valence-corrected chi connectivity index (χ2v) is 0.819. The third-order valence-corrected chi connectivity index (χ3v) is 0.422. The topological polar surface area (TPSA) is 31.2 Å². The fourth-order valence-corrected chi connectivity index (χ4v) is 0. The summed E-state index contributed by atoms with van der Waals surface area (Å²) in [4.78, 5) is 9.57. The van der Waals surface area contributed by atoms with Crippen molar-refractivity contribution in [1.29, 1.82) is 0 Å². The second-order valence-electron chi connectivity index (χ2n) is 0.619. The van der Waals surface area contributed by atoms with Gasteiger partial charge in [-0.3, -0.25) is 0 Å². The molecule has 0 N–H and O–H groups in total. The SMILES string of the molecule is CC(=O)[N+]S. The zero-order chi connectivity index (χ0) is 4.28. The summed E-state index contributed by atoms with van der Waals surface area (Å²) in [6, 6.07) is 0. The van der Waals surface area contributed by atoms with E-state index in [1.165, 1.54) is 6.92 Å². The van der Waals surface area contributed by atoms with E-state index in [1.54, 1.807) is 0 Å². The maximum absolute atomic E-state index is 9.57. The van der Waals surface area contributed by atoms with Crippen LogP contribution in [0.1, 0.15) is 6.92 Å². The first kappa shape index (κ1) is 4.98. The average Bonchev–Trinajstić information content (AvgIpc) is 1.38. The first-order valence-electron chi connectivity index (χ1n) is 1.13. The maximum Gasteiger partial charge on any atom is 0.434 e. The van der Waals surface area contributed by atoms with Crippen molar-refractivity contribution in [3.05, 3.63) is 0 Å². The number of rotatable bonds is 0. The normalized spacial score (nSPS) is 7.60. The average molecular weight is 90.1 g/mol. The predicted molar refractivity (Wildman–Crippen MR) is 21.8 cm³/mol. The Balaban J connectivity index is 2.85. The van der Waals surface area contributed by atoms with Crippen LogP contribution in [0.3, 0.4) is 0 Å². The number of hydrogen-bond acceptors (Lipinski definition) is 2. The molecule has 0 fully saturated rings. The van der Waals surface area contributed by atoms with E-state index < -0.39 is 0 Å². The molecule has 0 aliphatic carbocycles. The molecule has 2 radical (unpaired) electrons. The minimum absolute atomic E-state index is 0.256. The number of carbonyl (C=O) groups is 1. The van der Waals surface area contributed by atoms with Crippen LogP contribution in [0.25, 0.3) is 0 Å². The Morgan fingerprint density at radius 3 is 2.20 bits per heavy atom. The van der Waals surface area contributed by atoms with Crippen molar-refractivity contribution in [3.8, 4) is 0 Å². The summed E-state index contributed by atoms with van der Waals surface area (Å²) in [5, 5.41) is 0. The molecule has 0 bridgehead atoms. The van der Waals surface area contributed by atoms with Gasteiger partial charge in [-0.05, 0) is 0 Å². The summed E-state index contributed by atoms with van der Waals surface area (Å²) >= 11 is 3.29. The van der Waals surface area contributed by atoms with E-state index in [1.807, 2.05) is 0 Å². The van der Waals surface area contributed by atoms with E-state index in [9.17, 15) is 4.79 Å². The molecule has 0 aromatic rings. The highest BCUT2D eigenvalue weighted by Crippen LogP contribution is 1.62. The molecular weight excluding hydrogens is 86.1 g/mol. The molecule has 0 saturated carbocycles. The molecule has 0 heterocycles. The van der Waals surface area contributed by atoms with Gasteiger partial charge in [0.1, 0.15) is 0 Å². The molecule has 0 unspecified atom stereocenters. The van der Waals surface area contributed by atoms with Crippen molar-refractivity contribution >= 4 is 18.7 Å². The van der Waals surface area contributed by atoms with Crippen molar-refractivity contribution in [2.45, 2.75) is 6.92 Å². The lowest BCUT2D eigenvalue weighted by molar-refractivity contribution is -0.117. The highest BCUT2D eigenvalue weighted by Gasteiger charge is 2.00. The standard InChI is InChI=1S/C2H4NOS/c1-2(4)3-5/h5H,1H3/q+1. The van der Waals surface area contributed by atoms with Gasteiger partial charge in [-0.2, -0.15) is 0 Å². The molecule has 0 aliphatic heterocycles. The quantitative estimate of drug-likeness (QED) is 0.416. The highest BCUT2D eigenvalue weighted by atomic mass is 32.1. The minimum atomic E-state index is -0.256. The molecular formula is C2H4NOS+. The highest BCUT2D eigenvalue weighted by molar-refractivity contribution is 7.78. The molecule has 0 aromatic carbocycles. The van der Waals surface area contributed by atoms with E-state index in [0.717, 1.165) is 0 Å². The lowest BCUT2D eigenvalue weighted by atomic mass is 10.8. The Labute approximate surface area is 36.1 Å². The molecule has 0 spiro atoms. The van der Waals surface area contributed by atoms with Crippen LogP contribution in [0.5, 0.6) is 0 Å². The fourth-order valence-electron chi connectivity index (χ4n) is 0. The number of amides is 1. The molecule has 0 atom stereocenters. The Hall–Kier alpha value is -0.0200. The van der Waals surface area contributed by atoms with Crippen LogP contribution in [0.4, 0.5) is 0 Å². The van der Waals surface area contributed by atoms with Crippen molar-refractivity contribution in [2.75, 3.05) is 0 Å². The van der Waals surface area contributed by atoms with Gasteiger partial charge in [0, 0.05) is 0 Å². The molecule has 28 valence electrons. The predicted octanol–water partition coefficient (Wildman–Crippen LogP) is -0.0179. The van der Waals surface area contributed by atoms with E-state index in [0.29, 0.717) is 0 Å². The molecule has 5 heavy (non-hydrogen) atoms. The van der Waals surface area contributed by atoms with Crippen LogP contribution < -0.4 is 4.72 Å². The lowest BCUT2D eigenvalue weighted by Gasteiger charge is -1.49. The van der Waals surface area contributed by atoms with Gasteiger partial charge in [-0.15, -0.1) is 0 Å². The van der Waals surface area contributed by atoms with Gasteiger partial charge in [0.15, 0.2) is 12.8 Å². The number of carbonyl (C=O) groups excluding carboxylic acids is 1. The molecule has 2 nitrogen and oxygen atoms in total. The number of thiol groups is 1. The van der Waals surface area contributed by atoms with Crippen molar-refractivity contribution in [2.24, 2.45) is 0 Å². The Bertz CT molecular complexity index is 44.9. The monoisotopic (exact) mass is 90.0 g/mol. The van der Waals surface area contributed by atoms with Crippen LogP contribution in [-0.2, 0) is 4.79 Å². The smallest absolute Gasteiger partial charge is 0.217 e. The van der Waals surface area contributed by atoms with Crippen LogP contribution in [0, 0.1) is 0 Å². The van der Waals surface area contributed by atoms with Crippen LogP contribution in [0.2, 0.25) is 0 Å². The molecule has 0 aliphatic rings. The summed E-state index contributed by atoms with van der Waals surface area (Å²) in [6.07, 6.45) is 0. The number of nitrogens with zero attached hydrogens (tertiary/aromatic N) is 1. The van der Waals surface area contributed by atoms with E-state index in [2.05, 4.69) is 17.5 Å². The molecule has 0 rings (SSSR count). The van der Waals surface area contributed by atoms with Crippen molar-refractivity contribution < 1.29 is 4.79 Å². The Morgan fingerprint density at radius 2 is 2.20 bits per heavy atom. The van der Waals surface area contributed by atoms with Crippen molar-refractivity contribution in [1.82, 2.24) is 4.72 Å². The van der Waals surface area contributed by atoms with Crippen LogP contribution >= 0.6 is 12.8 Å². The Kier molecular flexibility index (Phi) is 2.22. The summed E-state index contributed by atoms with van der Waals surface area (Å²) < 4.78 is 2.94. The third-order valence-electron chi connectivity index (χ3n) is 0.141. The van der Waals surface area contributed by atoms with Gasteiger partial charge in [-0.1, -0.05) is 0 Å². The van der Waals surface area contributed by atoms with Crippen LogP contribution in [-0.4, -0.2) is 5.91 Å². The molecule has 1 amide bonds. The molecule has 0 saturated heterocycles. The zero-order valence-electron chi connectivity index (χ0n) is 2.80. The summed E-state index contributed by atoms with van der Waals surface area (Å²) in [5.74, 6) is -0.256. The van der Waals surface area contributed by atoms with Gasteiger partial charge < -0.3 is 0 Å². The van der Waals surface area contributed by atoms with Gasteiger partial charge in [0.05, 0.1) is 6.92 Å². The zero-order valence-corrected chi connectivity index (χ0v) is 3.70. The fraction of sp³-hybridized carbons (Fsp3) is 0.500. The lowest BCUT2D eigenvalue weighted by Crippen LogP contribution is -1.95. The second kappa shape index (κ2) is 2.23. The molecule has 3 heteroatoms.